The van der Waals surface area contributed by atoms with E-state index in [1.54, 1.807) is 0 Å². The minimum atomic E-state index is 0.737. The highest BCUT2D eigenvalue weighted by atomic mass is 16.5. The van der Waals surface area contributed by atoms with Crippen molar-refractivity contribution in [2.75, 3.05) is 26.3 Å². The first-order valence-corrected chi connectivity index (χ1v) is 6.44. The number of nitrogens with zero attached hydrogens (tertiary/aromatic N) is 1. The molecule has 0 radical (unpaired) electrons. The molecule has 0 aliphatic carbocycles. The maximum atomic E-state index is 10.8. The third-order valence-electron chi connectivity index (χ3n) is 3.01. The molecular weight excluding hydrogens is 240 g/mol. The minimum Gasteiger partial charge on any atom is -0.379 e. The molecule has 0 spiro atoms. The zero-order chi connectivity index (χ0) is 13.5. The second-order valence-electron chi connectivity index (χ2n) is 4.38. The van der Waals surface area contributed by atoms with Gasteiger partial charge in [0.25, 0.3) is 0 Å². The van der Waals surface area contributed by atoms with Gasteiger partial charge < -0.3 is 10.1 Å². The number of aryl methyl sites for hydroxylation is 1. The first-order valence-electron chi connectivity index (χ1n) is 6.44. The number of hydrogen-bond acceptors (Lipinski definition) is 3. The number of morpholine rings is 1. The molecule has 0 unspecified atom stereocenters. The summed E-state index contributed by atoms with van der Waals surface area (Å²) in [7, 11) is 1.94. The Morgan fingerprint density at radius 1 is 1.21 bits per heavy atom. The lowest BCUT2D eigenvalue weighted by Crippen LogP contribution is -2.30. The fourth-order valence-corrected chi connectivity index (χ4v) is 2.08. The molecule has 2 heterocycles. The maximum Gasteiger partial charge on any atom is 0.222 e. The molecule has 19 heavy (non-hydrogen) atoms. The second kappa shape index (κ2) is 6.97. The molecule has 4 nitrogen and oxygen atoms in total. The van der Waals surface area contributed by atoms with Crippen LogP contribution in [0.15, 0.2) is 36.5 Å². The molecule has 0 saturated carbocycles. The zero-order valence-electron chi connectivity index (χ0n) is 11.1. The molecule has 1 fully saturated rings. The average Bonchev–Trinajstić information content (AvgIpc) is 2.49. The Bertz CT molecular complexity index is 534. The third-order valence-corrected chi connectivity index (χ3v) is 3.01. The van der Waals surface area contributed by atoms with Gasteiger partial charge in [-0.05, 0) is 18.2 Å². The summed E-state index contributed by atoms with van der Waals surface area (Å²) in [5.41, 5.74) is 1.72. The highest BCUT2D eigenvalue weighted by molar-refractivity contribution is 5.93. The van der Waals surface area contributed by atoms with Crippen molar-refractivity contribution >= 4 is 17.2 Å². The van der Waals surface area contributed by atoms with Crippen LogP contribution in [0.3, 0.4) is 0 Å². The van der Waals surface area contributed by atoms with Crippen LogP contribution in [-0.4, -0.2) is 32.6 Å². The first kappa shape index (κ1) is 13.6. The lowest BCUT2D eigenvalue weighted by molar-refractivity contribution is -0.644. The van der Waals surface area contributed by atoms with Crippen molar-refractivity contribution < 1.29 is 14.1 Å². The standard InChI is InChI=1S/C11H10NO.C4H9NO/c1-12-7-3-6-9-4-2-5-10(8-13)11(9)12;1-3-6-4-2-5-1/h2-8H,1H3;5H,1-4H2/q+1;. The van der Waals surface area contributed by atoms with E-state index < -0.39 is 0 Å². The van der Waals surface area contributed by atoms with E-state index in [1.807, 2.05) is 48.1 Å². The number of benzene rings is 1. The zero-order valence-corrected chi connectivity index (χ0v) is 11.1. The van der Waals surface area contributed by atoms with Crippen LogP contribution in [0.25, 0.3) is 10.9 Å². The van der Waals surface area contributed by atoms with Gasteiger partial charge in [0.2, 0.25) is 5.52 Å². The monoisotopic (exact) mass is 259 g/mol. The third kappa shape index (κ3) is 3.59. The van der Waals surface area contributed by atoms with Gasteiger partial charge >= 0.3 is 0 Å². The number of fused-ring (bicyclic) bond motifs is 1. The van der Waals surface area contributed by atoms with E-state index in [1.165, 1.54) is 0 Å². The number of aldehydes is 1. The molecule has 1 aliphatic heterocycles. The van der Waals surface area contributed by atoms with Gasteiger partial charge in [-0.3, -0.25) is 4.79 Å². The van der Waals surface area contributed by atoms with Crippen molar-refractivity contribution in [2.45, 2.75) is 0 Å². The Labute approximate surface area is 113 Å². The Morgan fingerprint density at radius 3 is 2.53 bits per heavy atom. The second-order valence-corrected chi connectivity index (χ2v) is 4.38. The molecule has 4 heteroatoms. The van der Waals surface area contributed by atoms with E-state index in [2.05, 4.69) is 5.32 Å². The SMILES string of the molecule is C1COCCN1.C[n+]1cccc2cccc(C=O)c21. The number of hydrogen-bond donors (Lipinski definition) is 1. The number of ether oxygens (including phenoxy) is 1. The molecule has 0 atom stereocenters. The summed E-state index contributed by atoms with van der Waals surface area (Å²) in [6, 6.07) is 9.70. The Kier molecular flexibility index (Phi) is 5.01. The molecule has 0 bridgehead atoms. The summed E-state index contributed by atoms with van der Waals surface area (Å²) < 4.78 is 6.96. The molecule has 1 aromatic heterocycles. The summed E-state index contributed by atoms with van der Waals surface area (Å²) >= 11 is 0. The fourth-order valence-electron chi connectivity index (χ4n) is 2.08. The van der Waals surface area contributed by atoms with E-state index in [0.29, 0.717) is 0 Å². The van der Waals surface area contributed by atoms with E-state index >= 15 is 0 Å². The molecular formula is C15H19N2O2+. The number of pyridine rings is 1. The summed E-state index contributed by atoms with van der Waals surface area (Å²) in [5, 5.41) is 4.25. The number of aromatic nitrogens is 1. The first-order chi connectivity index (χ1) is 9.33. The van der Waals surface area contributed by atoms with E-state index in [0.717, 1.165) is 49.1 Å². The number of carbonyl (C=O) groups is 1. The summed E-state index contributed by atoms with van der Waals surface area (Å²) in [6.07, 6.45) is 2.83. The van der Waals surface area contributed by atoms with Gasteiger partial charge in [-0.2, -0.15) is 0 Å². The van der Waals surface area contributed by atoms with Crippen molar-refractivity contribution in [2.24, 2.45) is 7.05 Å². The van der Waals surface area contributed by atoms with Gasteiger partial charge in [0, 0.05) is 24.5 Å². The Hall–Kier alpha value is -1.78. The topological polar surface area (TPSA) is 42.2 Å². The average molecular weight is 259 g/mol. The quantitative estimate of drug-likeness (QED) is 0.615. The Morgan fingerprint density at radius 2 is 1.95 bits per heavy atom. The lowest BCUT2D eigenvalue weighted by Gasteiger charge is -2.10. The normalized spacial score (nSPS) is 14.6. The largest absolute Gasteiger partial charge is 0.379 e. The van der Waals surface area contributed by atoms with Crippen LogP contribution in [0.5, 0.6) is 0 Å². The summed E-state index contributed by atoms with van der Waals surface area (Å²) in [4.78, 5) is 10.8. The van der Waals surface area contributed by atoms with Crippen LogP contribution in [0, 0.1) is 0 Å². The fraction of sp³-hybridized carbons (Fsp3) is 0.333. The number of carbonyl (C=O) groups excluding carboxylic acids is 1. The molecule has 100 valence electrons. The van der Waals surface area contributed by atoms with Crippen molar-refractivity contribution in [3.8, 4) is 0 Å². The molecule has 1 aromatic carbocycles. The summed E-state index contributed by atoms with van der Waals surface area (Å²) in [6.45, 7) is 3.83. The van der Waals surface area contributed by atoms with Crippen molar-refractivity contribution in [1.82, 2.24) is 5.32 Å². The van der Waals surface area contributed by atoms with Crippen LogP contribution >= 0.6 is 0 Å². The maximum absolute atomic E-state index is 10.8. The molecule has 0 amide bonds. The van der Waals surface area contributed by atoms with E-state index in [-0.39, 0.29) is 0 Å². The van der Waals surface area contributed by atoms with Gasteiger partial charge in [-0.25, -0.2) is 4.57 Å². The molecule has 3 rings (SSSR count). The van der Waals surface area contributed by atoms with Gasteiger partial charge in [-0.15, -0.1) is 0 Å². The van der Waals surface area contributed by atoms with Gasteiger partial charge in [0.1, 0.15) is 7.05 Å². The van der Waals surface area contributed by atoms with Crippen molar-refractivity contribution in [1.29, 1.82) is 0 Å². The lowest BCUT2D eigenvalue weighted by atomic mass is 10.1. The highest BCUT2D eigenvalue weighted by Crippen LogP contribution is 2.12. The molecule has 2 aromatic rings. The highest BCUT2D eigenvalue weighted by Gasteiger charge is 2.08. The van der Waals surface area contributed by atoms with Crippen LogP contribution in [0.4, 0.5) is 0 Å². The number of nitrogens with one attached hydrogen (secondary N) is 1. The summed E-state index contributed by atoms with van der Waals surface area (Å²) in [5.74, 6) is 0. The Balaban J connectivity index is 0.000000186. The van der Waals surface area contributed by atoms with E-state index in [4.69, 9.17) is 4.74 Å². The predicted molar refractivity (Wildman–Crippen MR) is 74.2 cm³/mol. The van der Waals surface area contributed by atoms with Gasteiger partial charge in [-0.1, -0.05) is 6.07 Å². The molecule has 1 saturated heterocycles. The predicted octanol–water partition coefficient (Wildman–Crippen LogP) is 1.08. The molecule has 1 aliphatic rings. The van der Waals surface area contributed by atoms with Crippen LogP contribution in [-0.2, 0) is 11.8 Å². The van der Waals surface area contributed by atoms with Crippen molar-refractivity contribution in [3.05, 3.63) is 42.1 Å². The van der Waals surface area contributed by atoms with Gasteiger partial charge in [0.15, 0.2) is 12.5 Å². The van der Waals surface area contributed by atoms with Crippen LogP contribution in [0.1, 0.15) is 10.4 Å². The molecule has 1 N–H and O–H groups in total. The smallest absolute Gasteiger partial charge is 0.222 e. The van der Waals surface area contributed by atoms with Crippen molar-refractivity contribution in [3.63, 3.8) is 0 Å². The van der Waals surface area contributed by atoms with Crippen LogP contribution in [0.2, 0.25) is 0 Å². The van der Waals surface area contributed by atoms with E-state index in [9.17, 15) is 4.79 Å². The number of rotatable bonds is 1. The van der Waals surface area contributed by atoms with Gasteiger partial charge in [0.05, 0.1) is 18.8 Å². The minimum absolute atomic E-state index is 0.737. The van der Waals surface area contributed by atoms with Crippen LogP contribution < -0.4 is 9.88 Å². The number of para-hydroxylation sites is 1.